The lowest BCUT2D eigenvalue weighted by Gasteiger charge is -2.19. The summed E-state index contributed by atoms with van der Waals surface area (Å²) in [5.74, 6) is -2.37. The van der Waals surface area contributed by atoms with Gasteiger partial charge in [-0.1, -0.05) is 6.92 Å². The van der Waals surface area contributed by atoms with E-state index in [1.54, 1.807) is 0 Å². The first-order valence-electron chi connectivity index (χ1n) is 6.00. The third-order valence-electron chi connectivity index (χ3n) is 2.63. The van der Waals surface area contributed by atoms with Gasteiger partial charge in [0.15, 0.2) is 17.7 Å². The summed E-state index contributed by atoms with van der Waals surface area (Å²) < 4.78 is 30.9. The largest absolute Gasteiger partial charge is 0.481 e. The van der Waals surface area contributed by atoms with Gasteiger partial charge in [0.1, 0.15) is 5.75 Å². The van der Waals surface area contributed by atoms with Gasteiger partial charge >= 0.3 is 0 Å². The number of amides is 1. The van der Waals surface area contributed by atoms with E-state index in [2.05, 4.69) is 5.32 Å². The highest BCUT2D eigenvalue weighted by molar-refractivity contribution is 5.81. The van der Waals surface area contributed by atoms with Crippen LogP contribution in [0.4, 0.5) is 8.78 Å². The average molecular weight is 273 g/mol. The molecule has 6 heteroatoms. The number of ether oxygens (including phenoxy) is 1. The molecule has 0 saturated carbocycles. The zero-order valence-electron chi connectivity index (χ0n) is 10.8. The highest BCUT2D eigenvalue weighted by atomic mass is 19.2. The van der Waals surface area contributed by atoms with Crippen molar-refractivity contribution in [3.63, 3.8) is 0 Å². The second-order valence-corrected chi connectivity index (χ2v) is 4.13. The number of carbonyl (C=O) groups excluding carboxylic acids is 1. The second-order valence-electron chi connectivity index (χ2n) is 4.13. The quantitative estimate of drug-likeness (QED) is 0.828. The maximum Gasteiger partial charge on any atom is 0.261 e. The zero-order chi connectivity index (χ0) is 14.4. The van der Waals surface area contributed by atoms with Crippen LogP contribution in [0, 0.1) is 11.6 Å². The van der Waals surface area contributed by atoms with Gasteiger partial charge in [-0.25, -0.2) is 8.78 Å². The summed E-state index contributed by atoms with van der Waals surface area (Å²) in [6.07, 6.45) is -0.286. The molecule has 0 bridgehead atoms. The third kappa shape index (κ3) is 4.48. The molecule has 0 aromatic heterocycles. The standard InChI is InChI=1S/C13H17F2NO3/c1-3-9(7-17)16-13(18)8(2)19-10-4-5-11(14)12(15)6-10/h4-6,8-9,17H,3,7H2,1-2H3,(H,16,18). The van der Waals surface area contributed by atoms with E-state index in [0.29, 0.717) is 6.42 Å². The summed E-state index contributed by atoms with van der Waals surface area (Å²) >= 11 is 0. The Bertz CT molecular complexity index is 436. The predicted molar refractivity (Wildman–Crippen MR) is 65.8 cm³/mol. The third-order valence-corrected chi connectivity index (χ3v) is 2.63. The molecular weight excluding hydrogens is 256 g/mol. The van der Waals surface area contributed by atoms with Crippen molar-refractivity contribution in [2.75, 3.05) is 6.61 Å². The number of benzene rings is 1. The minimum absolute atomic E-state index is 0.0681. The molecule has 1 rings (SSSR count). The summed E-state index contributed by atoms with van der Waals surface area (Å²) in [5, 5.41) is 11.5. The first-order valence-corrected chi connectivity index (χ1v) is 6.00. The molecule has 0 aliphatic carbocycles. The molecule has 0 fully saturated rings. The van der Waals surface area contributed by atoms with E-state index in [1.807, 2.05) is 6.92 Å². The molecule has 1 amide bonds. The van der Waals surface area contributed by atoms with Gasteiger partial charge in [-0.2, -0.15) is 0 Å². The van der Waals surface area contributed by atoms with Crippen molar-refractivity contribution < 1.29 is 23.4 Å². The summed E-state index contributed by atoms with van der Waals surface area (Å²) in [5.41, 5.74) is 0. The monoisotopic (exact) mass is 273 g/mol. The van der Waals surface area contributed by atoms with Crippen LogP contribution < -0.4 is 10.1 Å². The van der Waals surface area contributed by atoms with Gasteiger partial charge in [0.25, 0.3) is 5.91 Å². The van der Waals surface area contributed by atoms with E-state index in [4.69, 9.17) is 9.84 Å². The highest BCUT2D eigenvalue weighted by Crippen LogP contribution is 2.16. The lowest BCUT2D eigenvalue weighted by Crippen LogP contribution is -2.43. The van der Waals surface area contributed by atoms with Crippen LogP contribution in [0.25, 0.3) is 0 Å². The van der Waals surface area contributed by atoms with Gasteiger partial charge in [-0.05, 0) is 25.5 Å². The van der Waals surface area contributed by atoms with Crippen LogP contribution in [-0.4, -0.2) is 29.8 Å². The van der Waals surface area contributed by atoms with Gasteiger partial charge in [0.05, 0.1) is 12.6 Å². The maximum absolute atomic E-state index is 13.0. The Morgan fingerprint density at radius 2 is 2.11 bits per heavy atom. The van der Waals surface area contributed by atoms with E-state index >= 15 is 0 Å². The van der Waals surface area contributed by atoms with Crippen LogP contribution >= 0.6 is 0 Å². The molecule has 0 aliphatic rings. The highest BCUT2D eigenvalue weighted by Gasteiger charge is 2.18. The van der Waals surface area contributed by atoms with E-state index in [-0.39, 0.29) is 18.4 Å². The molecule has 0 radical (unpaired) electrons. The van der Waals surface area contributed by atoms with Gasteiger partial charge in [-0.3, -0.25) is 4.79 Å². The molecule has 0 heterocycles. The number of nitrogens with one attached hydrogen (secondary N) is 1. The molecule has 1 aromatic rings. The van der Waals surface area contributed by atoms with Crippen LogP contribution in [-0.2, 0) is 4.79 Å². The van der Waals surface area contributed by atoms with Crippen LogP contribution in [0.3, 0.4) is 0 Å². The van der Waals surface area contributed by atoms with Crippen molar-refractivity contribution in [1.82, 2.24) is 5.32 Å². The molecule has 2 atom stereocenters. The van der Waals surface area contributed by atoms with Crippen molar-refractivity contribution in [2.45, 2.75) is 32.4 Å². The Labute approximate surface area is 110 Å². The van der Waals surface area contributed by atoms with Crippen molar-refractivity contribution in [1.29, 1.82) is 0 Å². The minimum Gasteiger partial charge on any atom is -0.481 e. The smallest absolute Gasteiger partial charge is 0.261 e. The Morgan fingerprint density at radius 1 is 1.42 bits per heavy atom. The number of halogens is 2. The molecule has 2 unspecified atom stereocenters. The number of aliphatic hydroxyl groups excluding tert-OH is 1. The minimum atomic E-state index is -1.04. The number of hydrogen-bond acceptors (Lipinski definition) is 3. The Balaban J connectivity index is 2.60. The number of carbonyl (C=O) groups is 1. The lowest BCUT2D eigenvalue weighted by atomic mass is 10.2. The summed E-state index contributed by atoms with van der Waals surface area (Å²) in [4.78, 5) is 11.7. The molecule has 19 heavy (non-hydrogen) atoms. The fraction of sp³-hybridized carbons (Fsp3) is 0.462. The lowest BCUT2D eigenvalue weighted by molar-refractivity contribution is -0.128. The molecular formula is C13H17F2NO3. The van der Waals surface area contributed by atoms with Gasteiger partial charge in [0, 0.05) is 6.07 Å². The first-order chi connectivity index (χ1) is 8.97. The first kappa shape index (κ1) is 15.4. The zero-order valence-corrected chi connectivity index (χ0v) is 10.8. The van der Waals surface area contributed by atoms with Crippen molar-refractivity contribution >= 4 is 5.91 Å². The van der Waals surface area contributed by atoms with Gasteiger partial charge in [-0.15, -0.1) is 0 Å². The average Bonchev–Trinajstić information content (AvgIpc) is 2.39. The van der Waals surface area contributed by atoms with Crippen molar-refractivity contribution in [2.24, 2.45) is 0 Å². The topological polar surface area (TPSA) is 58.6 Å². The fourth-order valence-corrected chi connectivity index (χ4v) is 1.40. The Morgan fingerprint density at radius 3 is 2.63 bits per heavy atom. The molecule has 4 nitrogen and oxygen atoms in total. The van der Waals surface area contributed by atoms with Crippen LogP contribution in [0.2, 0.25) is 0 Å². The SMILES string of the molecule is CCC(CO)NC(=O)C(C)Oc1ccc(F)c(F)c1. The number of rotatable bonds is 6. The van der Waals surface area contributed by atoms with E-state index in [9.17, 15) is 13.6 Å². The van der Waals surface area contributed by atoms with E-state index in [0.717, 1.165) is 12.1 Å². The van der Waals surface area contributed by atoms with Gasteiger partial charge < -0.3 is 15.2 Å². The summed E-state index contributed by atoms with van der Waals surface area (Å²) in [6, 6.07) is 2.70. The van der Waals surface area contributed by atoms with Crippen LogP contribution in [0.1, 0.15) is 20.3 Å². The molecule has 2 N–H and O–H groups in total. The maximum atomic E-state index is 13.0. The van der Waals surface area contributed by atoms with Gasteiger partial charge in [0.2, 0.25) is 0 Å². The summed E-state index contributed by atoms with van der Waals surface area (Å²) in [7, 11) is 0. The predicted octanol–water partition coefficient (Wildman–Crippen LogP) is 1.62. The fourth-order valence-electron chi connectivity index (χ4n) is 1.40. The number of hydrogen-bond donors (Lipinski definition) is 2. The normalized spacial score (nSPS) is 13.7. The second kappa shape index (κ2) is 7.04. The molecule has 0 spiro atoms. The van der Waals surface area contributed by atoms with Crippen molar-refractivity contribution in [3.8, 4) is 5.75 Å². The molecule has 0 saturated heterocycles. The van der Waals surface area contributed by atoms with E-state index < -0.39 is 23.6 Å². The van der Waals surface area contributed by atoms with Crippen LogP contribution in [0.15, 0.2) is 18.2 Å². The molecule has 1 aromatic carbocycles. The van der Waals surface area contributed by atoms with Crippen LogP contribution in [0.5, 0.6) is 5.75 Å². The van der Waals surface area contributed by atoms with E-state index in [1.165, 1.54) is 13.0 Å². The molecule has 0 aliphatic heterocycles. The molecule has 106 valence electrons. The summed E-state index contributed by atoms with van der Waals surface area (Å²) in [6.45, 7) is 3.14. The Kier molecular flexibility index (Phi) is 5.69. The Hall–Kier alpha value is -1.69. The van der Waals surface area contributed by atoms with Crippen molar-refractivity contribution in [3.05, 3.63) is 29.8 Å². The number of aliphatic hydroxyl groups is 1.